The van der Waals surface area contributed by atoms with Crippen molar-refractivity contribution in [2.24, 2.45) is 0 Å². The van der Waals surface area contributed by atoms with Crippen LogP contribution in [0.1, 0.15) is 33.1 Å². The molecule has 60 valence electrons. The molecule has 0 amide bonds. The average molecular weight is 144 g/mol. The number of unbranched alkanes of at least 4 members (excludes halogenated alkanes) is 2. The Balaban J connectivity index is 2.98. The number of hydrogen-bond donors (Lipinski definition) is 1. The highest BCUT2D eigenvalue weighted by molar-refractivity contribution is 4.76. The zero-order chi connectivity index (χ0) is 7.82. The molecule has 0 spiro atoms. The Morgan fingerprint density at radius 1 is 1.50 bits per heavy atom. The lowest BCUT2D eigenvalue weighted by molar-refractivity contribution is 0.223. The van der Waals surface area contributed by atoms with Gasteiger partial charge in [-0.15, -0.1) is 0 Å². The van der Waals surface area contributed by atoms with Crippen LogP contribution in [0.5, 0.6) is 0 Å². The maximum atomic E-state index is 8.65. The van der Waals surface area contributed by atoms with E-state index in [4.69, 9.17) is 9.84 Å². The topological polar surface area (TPSA) is 29.5 Å². The number of allylic oxidation sites excluding steroid dienone is 1. The third kappa shape index (κ3) is 7.34. The number of ether oxygens (including phenoxy) is 1. The van der Waals surface area contributed by atoms with Gasteiger partial charge in [-0.05, 0) is 13.3 Å². The molecule has 0 unspecified atom stereocenters. The maximum Gasteiger partial charge on any atom is 0.123 e. The molecule has 2 heteroatoms. The minimum atomic E-state index is 0.233. The smallest absolute Gasteiger partial charge is 0.123 e. The first kappa shape index (κ1) is 9.34. The van der Waals surface area contributed by atoms with Gasteiger partial charge in [0.25, 0.3) is 0 Å². The van der Waals surface area contributed by atoms with E-state index < -0.39 is 0 Å². The molecule has 0 aromatic heterocycles. The summed E-state index contributed by atoms with van der Waals surface area (Å²) in [6, 6.07) is 0. The Kier molecular flexibility index (Phi) is 6.03. The van der Waals surface area contributed by atoms with Crippen molar-refractivity contribution in [1.29, 1.82) is 0 Å². The van der Waals surface area contributed by atoms with Gasteiger partial charge in [0.15, 0.2) is 0 Å². The number of aliphatic hydroxyl groups is 1. The summed E-state index contributed by atoms with van der Waals surface area (Å²) in [5.74, 6) is 0.233. The highest BCUT2D eigenvalue weighted by Crippen LogP contribution is 1.95. The van der Waals surface area contributed by atoms with E-state index in [1.165, 1.54) is 19.1 Å². The fourth-order valence-electron chi connectivity index (χ4n) is 0.615. The fraction of sp³-hybridized carbons (Fsp3) is 0.750. The Hall–Kier alpha value is -0.660. The zero-order valence-electron chi connectivity index (χ0n) is 6.76. The molecule has 0 saturated carbocycles. The molecule has 0 saturated heterocycles. The monoisotopic (exact) mass is 144 g/mol. The molecule has 0 atom stereocenters. The van der Waals surface area contributed by atoms with Gasteiger partial charge in [-0.1, -0.05) is 19.8 Å². The van der Waals surface area contributed by atoms with Crippen LogP contribution in [-0.2, 0) is 4.74 Å². The molecular formula is C8H16O2. The third-order valence-electron chi connectivity index (χ3n) is 1.12. The van der Waals surface area contributed by atoms with Gasteiger partial charge in [-0.3, -0.25) is 0 Å². The van der Waals surface area contributed by atoms with E-state index in [0.29, 0.717) is 6.61 Å². The van der Waals surface area contributed by atoms with Gasteiger partial charge in [0, 0.05) is 0 Å². The van der Waals surface area contributed by atoms with Crippen molar-refractivity contribution in [3.05, 3.63) is 12.0 Å². The lowest BCUT2D eigenvalue weighted by Gasteiger charge is -1.98. The van der Waals surface area contributed by atoms with Crippen LogP contribution in [0.2, 0.25) is 0 Å². The van der Waals surface area contributed by atoms with Crippen LogP contribution in [0, 0.1) is 0 Å². The summed E-state index contributed by atoms with van der Waals surface area (Å²) in [5.41, 5.74) is 0. The summed E-state index contributed by atoms with van der Waals surface area (Å²) in [7, 11) is 0. The molecule has 0 radical (unpaired) electrons. The van der Waals surface area contributed by atoms with Crippen molar-refractivity contribution in [2.75, 3.05) is 6.61 Å². The highest BCUT2D eigenvalue weighted by atomic mass is 16.5. The van der Waals surface area contributed by atoms with Gasteiger partial charge < -0.3 is 9.84 Å². The Bertz CT molecular complexity index is 93.4. The highest BCUT2D eigenvalue weighted by Gasteiger charge is 1.84. The number of hydrogen-bond acceptors (Lipinski definition) is 2. The molecule has 0 heterocycles. The molecule has 0 aliphatic rings. The van der Waals surface area contributed by atoms with E-state index in [-0.39, 0.29) is 5.76 Å². The van der Waals surface area contributed by atoms with E-state index in [1.807, 2.05) is 0 Å². The molecule has 0 aliphatic carbocycles. The molecular weight excluding hydrogens is 128 g/mol. The summed E-state index contributed by atoms with van der Waals surface area (Å²) >= 11 is 0. The fourth-order valence-corrected chi connectivity index (χ4v) is 0.615. The third-order valence-corrected chi connectivity index (χ3v) is 1.12. The van der Waals surface area contributed by atoms with Gasteiger partial charge >= 0.3 is 0 Å². The van der Waals surface area contributed by atoms with Gasteiger partial charge in [-0.2, -0.15) is 0 Å². The van der Waals surface area contributed by atoms with E-state index in [9.17, 15) is 0 Å². The van der Waals surface area contributed by atoms with Crippen LogP contribution in [0.4, 0.5) is 0 Å². The SMILES string of the molecule is CCCCCO/C=C(/C)O. The maximum absolute atomic E-state index is 8.65. The van der Waals surface area contributed by atoms with Crippen molar-refractivity contribution in [3.63, 3.8) is 0 Å². The second-order valence-electron chi connectivity index (χ2n) is 2.34. The number of aliphatic hydroxyl groups excluding tert-OH is 1. The molecule has 0 aromatic rings. The molecule has 0 rings (SSSR count). The second-order valence-corrected chi connectivity index (χ2v) is 2.34. The predicted octanol–water partition coefficient (Wildman–Crippen LogP) is 2.61. The van der Waals surface area contributed by atoms with Crippen LogP contribution in [0.15, 0.2) is 12.0 Å². The van der Waals surface area contributed by atoms with Crippen LogP contribution in [-0.4, -0.2) is 11.7 Å². The lowest BCUT2D eigenvalue weighted by Crippen LogP contribution is -1.87. The van der Waals surface area contributed by atoms with Crippen LogP contribution >= 0.6 is 0 Å². The van der Waals surface area contributed by atoms with Gasteiger partial charge in [0.1, 0.15) is 12.0 Å². The largest absolute Gasteiger partial charge is 0.509 e. The lowest BCUT2D eigenvalue weighted by atomic mass is 10.3. The second kappa shape index (κ2) is 6.46. The van der Waals surface area contributed by atoms with Crippen molar-refractivity contribution in [1.82, 2.24) is 0 Å². The quantitative estimate of drug-likeness (QED) is 0.474. The van der Waals surface area contributed by atoms with E-state index in [1.54, 1.807) is 6.92 Å². The number of rotatable bonds is 5. The zero-order valence-corrected chi connectivity index (χ0v) is 6.76. The molecule has 10 heavy (non-hydrogen) atoms. The first-order chi connectivity index (χ1) is 4.77. The molecule has 0 aromatic carbocycles. The molecule has 0 aliphatic heterocycles. The summed E-state index contributed by atoms with van der Waals surface area (Å²) in [6.45, 7) is 4.46. The Labute approximate surface area is 62.5 Å². The Morgan fingerprint density at radius 3 is 2.70 bits per heavy atom. The standard InChI is InChI=1S/C8H16O2/c1-3-4-5-6-10-7-8(2)9/h7,9H,3-6H2,1-2H3/b8-7-. The minimum absolute atomic E-state index is 0.233. The molecule has 0 bridgehead atoms. The van der Waals surface area contributed by atoms with E-state index in [2.05, 4.69) is 6.92 Å². The van der Waals surface area contributed by atoms with Gasteiger partial charge in [0.2, 0.25) is 0 Å². The van der Waals surface area contributed by atoms with E-state index >= 15 is 0 Å². The first-order valence-corrected chi connectivity index (χ1v) is 3.74. The van der Waals surface area contributed by atoms with Gasteiger partial charge in [-0.25, -0.2) is 0 Å². The minimum Gasteiger partial charge on any atom is -0.509 e. The first-order valence-electron chi connectivity index (χ1n) is 3.74. The predicted molar refractivity (Wildman–Crippen MR) is 41.9 cm³/mol. The van der Waals surface area contributed by atoms with Crippen LogP contribution < -0.4 is 0 Å². The summed E-state index contributed by atoms with van der Waals surface area (Å²) in [6.07, 6.45) is 4.85. The Morgan fingerprint density at radius 2 is 2.20 bits per heavy atom. The normalized spacial score (nSPS) is 11.6. The molecule has 1 N–H and O–H groups in total. The summed E-state index contributed by atoms with van der Waals surface area (Å²) < 4.78 is 4.99. The summed E-state index contributed by atoms with van der Waals surface area (Å²) in [4.78, 5) is 0. The van der Waals surface area contributed by atoms with E-state index in [0.717, 1.165) is 6.42 Å². The molecule has 0 fully saturated rings. The van der Waals surface area contributed by atoms with Crippen molar-refractivity contribution in [2.45, 2.75) is 33.1 Å². The summed E-state index contributed by atoms with van der Waals surface area (Å²) in [5, 5.41) is 8.65. The van der Waals surface area contributed by atoms with Crippen molar-refractivity contribution in [3.8, 4) is 0 Å². The average Bonchev–Trinajstić information content (AvgIpc) is 1.87. The van der Waals surface area contributed by atoms with Gasteiger partial charge in [0.05, 0.1) is 6.61 Å². The molecule has 2 nitrogen and oxygen atoms in total. The van der Waals surface area contributed by atoms with Crippen molar-refractivity contribution >= 4 is 0 Å². The van der Waals surface area contributed by atoms with Crippen LogP contribution in [0.25, 0.3) is 0 Å². The van der Waals surface area contributed by atoms with Crippen molar-refractivity contribution < 1.29 is 9.84 Å². The van der Waals surface area contributed by atoms with Crippen LogP contribution in [0.3, 0.4) is 0 Å².